The highest BCUT2D eigenvalue weighted by Gasteiger charge is 2.19. The number of alkyl halides is 1. The zero-order chi connectivity index (χ0) is 12.3. The van der Waals surface area contributed by atoms with Gasteiger partial charge in [-0.25, -0.2) is 0 Å². The highest BCUT2D eigenvalue weighted by molar-refractivity contribution is 14.1. The van der Waals surface area contributed by atoms with Crippen LogP contribution in [0, 0.1) is 0 Å². The Hall–Kier alpha value is -0.780. The summed E-state index contributed by atoms with van der Waals surface area (Å²) in [4.78, 5) is 11.1. The Kier molecular flexibility index (Phi) is 4.18. The van der Waals surface area contributed by atoms with Gasteiger partial charge in [-0.05, 0) is 23.6 Å². The Bertz CT molecular complexity index is 394. The van der Waals surface area contributed by atoms with Gasteiger partial charge in [0.1, 0.15) is 11.5 Å². The first-order valence-corrected chi connectivity index (χ1v) is 6.47. The Morgan fingerprint density at radius 2 is 2.06 bits per heavy atom. The minimum Gasteiger partial charge on any atom is -0.508 e. The highest BCUT2D eigenvalue weighted by Crippen LogP contribution is 2.33. The number of esters is 1. The molecular weight excluding hydrogens is 319 g/mol. The van der Waals surface area contributed by atoms with Crippen LogP contribution in [0.15, 0.2) is 18.2 Å². The molecule has 0 spiro atoms. The lowest BCUT2D eigenvalue weighted by atomic mass is 9.86. The maximum Gasteiger partial charge on any atom is 0.321 e. The number of aromatic hydroxyl groups is 1. The molecule has 0 saturated heterocycles. The minimum absolute atomic E-state index is 0.184. The number of halogens is 1. The van der Waals surface area contributed by atoms with Crippen LogP contribution in [-0.2, 0) is 10.2 Å². The van der Waals surface area contributed by atoms with Crippen LogP contribution in [0.25, 0.3) is 0 Å². The number of ether oxygens (including phenoxy) is 1. The zero-order valence-corrected chi connectivity index (χ0v) is 11.7. The maximum atomic E-state index is 11.1. The second-order valence-electron chi connectivity index (χ2n) is 4.54. The van der Waals surface area contributed by atoms with E-state index < -0.39 is 0 Å². The largest absolute Gasteiger partial charge is 0.508 e. The van der Waals surface area contributed by atoms with E-state index >= 15 is 0 Å². The maximum absolute atomic E-state index is 11.1. The second kappa shape index (κ2) is 5.03. The third-order valence-corrected chi connectivity index (χ3v) is 2.74. The summed E-state index contributed by atoms with van der Waals surface area (Å²) in [6.45, 7) is 5.98. The van der Waals surface area contributed by atoms with Gasteiger partial charge in [-0.1, -0.05) is 43.4 Å². The third-order valence-electron chi connectivity index (χ3n) is 2.12. The summed E-state index contributed by atoms with van der Waals surface area (Å²) < 4.78 is 5.41. The molecule has 0 aliphatic carbocycles. The van der Waals surface area contributed by atoms with Crippen LogP contribution in [0.2, 0.25) is 0 Å². The first kappa shape index (κ1) is 13.3. The predicted molar refractivity (Wildman–Crippen MR) is 71.3 cm³/mol. The van der Waals surface area contributed by atoms with Crippen molar-refractivity contribution in [2.75, 3.05) is 4.43 Å². The Morgan fingerprint density at radius 1 is 1.44 bits per heavy atom. The Morgan fingerprint density at radius 3 is 2.56 bits per heavy atom. The van der Waals surface area contributed by atoms with E-state index in [-0.39, 0.29) is 17.1 Å². The van der Waals surface area contributed by atoms with Gasteiger partial charge in [-0.2, -0.15) is 0 Å². The monoisotopic (exact) mass is 334 g/mol. The topological polar surface area (TPSA) is 46.5 Å². The van der Waals surface area contributed by atoms with Gasteiger partial charge in [-0.15, -0.1) is 0 Å². The predicted octanol–water partition coefficient (Wildman–Crippen LogP) is 3.03. The van der Waals surface area contributed by atoms with E-state index in [0.717, 1.165) is 5.56 Å². The quantitative estimate of drug-likeness (QED) is 0.391. The van der Waals surface area contributed by atoms with E-state index in [1.807, 2.05) is 43.4 Å². The number of carbonyl (C=O) groups is 1. The fraction of sp³-hybridized carbons (Fsp3) is 0.417. The van der Waals surface area contributed by atoms with Crippen molar-refractivity contribution in [1.29, 1.82) is 0 Å². The van der Waals surface area contributed by atoms with Crippen molar-refractivity contribution in [2.24, 2.45) is 0 Å². The van der Waals surface area contributed by atoms with Crippen molar-refractivity contribution in [2.45, 2.75) is 26.2 Å². The van der Waals surface area contributed by atoms with Gasteiger partial charge < -0.3 is 9.84 Å². The van der Waals surface area contributed by atoms with Crippen LogP contribution >= 0.6 is 22.6 Å². The molecule has 1 N–H and O–H groups in total. The van der Waals surface area contributed by atoms with Gasteiger partial charge in [0.2, 0.25) is 0 Å². The molecule has 0 aromatic heterocycles. The summed E-state index contributed by atoms with van der Waals surface area (Å²) in [5.74, 6) is 0.414. The van der Waals surface area contributed by atoms with Crippen LogP contribution in [-0.4, -0.2) is 15.5 Å². The first-order chi connectivity index (χ1) is 7.34. The Labute approximate surface area is 109 Å². The lowest BCUT2D eigenvalue weighted by molar-refractivity contribution is -0.131. The molecule has 16 heavy (non-hydrogen) atoms. The fourth-order valence-corrected chi connectivity index (χ4v) is 1.49. The smallest absolute Gasteiger partial charge is 0.321 e. The summed E-state index contributed by atoms with van der Waals surface area (Å²) in [5.41, 5.74) is 0.586. The number of hydrogen-bond acceptors (Lipinski definition) is 3. The van der Waals surface area contributed by atoms with Crippen molar-refractivity contribution >= 4 is 28.6 Å². The first-order valence-electron chi connectivity index (χ1n) is 4.94. The molecule has 1 aromatic carbocycles. The molecule has 88 valence electrons. The van der Waals surface area contributed by atoms with E-state index in [9.17, 15) is 9.90 Å². The van der Waals surface area contributed by atoms with Gasteiger partial charge in [0.05, 0.1) is 4.43 Å². The van der Waals surface area contributed by atoms with Crippen LogP contribution in [0.4, 0.5) is 0 Å². The van der Waals surface area contributed by atoms with Gasteiger partial charge in [0.25, 0.3) is 0 Å². The van der Waals surface area contributed by atoms with Gasteiger partial charge in [0.15, 0.2) is 0 Å². The number of phenols is 1. The normalized spacial score (nSPS) is 11.2. The van der Waals surface area contributed by atoms with E-state index in [1.54, 1.807) is 18.2 Å². The molecule has 0 unspecified atom stereocenters. The molecule has 0 saturated carbocycles. The number of carbonyl (C=O) groups excluding carboxylic acids is 1. The molecule has 1 aromatic rings. The van der Waals surface area contributed by atoms with Crippen molar-refractivity contribution in [1.82, 2.24) is 0 Å². The van der Waals surface area contributed by atoms with Crippen LogP contribution < -0.4 is 4.74 Å². The number of hydrogen-bond donors (Lipinski definition) is 1. The summed E-state index contributed by atoms with van der Waals surface area (Å²) in [6.07, 6.45) is 0. The van der Waals surface area contributed by atoms with Crippen molar-refractivity contribution in [3.8, 4) is 11.5 Å². The van der Waals surface area contributed by atoms with E-state index in [1.165, 1.54) is 0 Å². The molecule has 1 rings (SSSR count). The van der Waals surface area contributed by atoms with Crippen LogP contribution in [0.3, 0.4) is 0 Å². The third kappa shape index (κ3) is 3.37. The molecule has 0 aliphatic rings. The molecule has 0 fully saturated rings. The lowest BCUT2D eigenvalue weighted by Crippen LogP contribution is -2.13. The second-order valence-corrected chi connectivity index (χ2v) is 5.30. The summed E-state index contributed by atoms with van der Waals surface area (Å²) in [6, 6.07) is 4.85. The number of phenolic OH excluding ortho intramolecular Hbond substituents is 1. The Balaban J connectivity index is 3.03. The number of benzene rings is 1. The average Bonchev–Trinajstić information content (AvgIpc) is 2.19. The standard InChI is InChI=1S/C12H15IO3/c1-12(2,3)9-6-8(4-5-10(9)14)16-11(15)7-13/h4-6,14H,7H2,1-3H3. The van der Waals surface area contributed by atoms with Crippen molar-refractivity contribution < 1.29 is 14.6 Å². The molecule has 3 nitrogen and oxygen atoms in total. The molecule has 0 amide bonds. The van der Waals surface area contributed by atoms with Crippen molar-refractivity contribution in [3.63, 3.8) is 0 Å². The lowest BCUT2D eigenvalue weighted by Gasteiger charge is -2.20. The zero-order valence-electron chi connectivity index (χ0n) is 9.58. The summed E-state index contributed by atoms with van der Waals surface area (Å²) in [5, 5.41) is 9.72. The highest BCUT2D eigenvalue weighted by atomic mass is 127. The van der Waals surface area contributed by atoms with E-state index in [4.69, 9.17) is 4.74 Å². The van der Waals surface area contributed by atoms with E-state index in [2.05, 4.69) is 0 Å². The van der Waals surface area contributed by atoms with E-state index in [0.29, 0.717) is 10.2 Å². The molecule has 4 heteroatoms. The SMILES string of the molecule is CC(C)(C)c1cc(OC(=O)CI)ccc1O. The van der Waals surface area contributed by atoms with Crippen LogP contribution in [0.5, 0.6) is 11.5 Å². The van der Waals surface area contributed by atoms with Gasteiger partial charge in [0, 0.05) is 5.56 Å². The number of rotatable bonds is 2. The van der Waals surface area contributed by atoms with Crippen molar-refractivity contribution in [3.05, 3.63) is 23.8 Å². The molecule has 0 atom stereocenters. The fourth-order valence-electron chi connectivity index (χ4n) is 1.34. The average molecular weight is 334 g/mol. The molecule has 0 radical (unpaired) electrons. The molecule has 0 heterocycles. The summed E-state index contributed by atoms with van der Waals surface area (Å²) >= 11 is 1.95. The van der Waals surface area contributed by atoms with Gasteiger partial charge >= 0.3 is 5.97 Å². The molecular formula is C12H15IO3. The molecule has 0 bridgehead atoms. The summed E-state index contributed by atoms with van der Waals surface area (Å²) in [7, 11) is 0. The van der Waals surface area contributed by atoms with Crippen LogP contribution in [0.1, 0.15) is 26.3 Å². The van der Waals surface area contributed by atoms with Gasteiger partial charge in [-0.3, -0.25) is 4.79 Å². The minimum atomic E-state index is -0.286. The molecule has 0 aliphatic heterocycles.